The highest BCUT2D eigenvalue weighted by molar-refractivity contribution is 7.07. The lowest BCUT2D eigenvalue weighted by molar-refractivity contribution is -0.113. The Kier molecular flexibility index (Phi) is 7.82. The first-order chi connectivity index (χ1) is 21.7. The number of carbonyl (C=O) groups excluding carboxylic acids is 1. The summed E-state index contributed by atoms with van der Waals surface area (Å²) in [6.45, 7) is 5.64. The third kappa shape index (κ3) is 5.51. The van der Waals surface area contributed by atoms with Crippen LogP contribution in [0.15, 0.2) is 106 Å². The van der Waals surface area contributed by atoms with Gasteiger partial charge in [0.25, 0.3) is 11.5 Å². The Morgan fingerprint density at radius 2 is 1.73 bits per heavy atom. The van der Waals surface area contributed by atoms with E-state index in [9.17, 15) is 19.5 Å². The highest BCUT2D eigenvalue weighted by atomic mass is 32.1. The van der Waals surface area contributed by atoms with E-state index in [-0.39, 0.29) is 17.0 Å². The average Bonchev–Trinajstić information content (AvgIpc) is 3.49. The van der Waals surface area contributed by atoms with E-state index in [2.05, 4.69) is 5.32 Å². The molecule has 0 unspecified atom stereocenters. The van der Waals surface area contributed by atoms with Gasteiger partial charge >= 0.3 is 5.97 Å². The molecular weight excluding hydrogens is 588 g/mol. The number of amides is 1. The molecule has 5 aromatic rings. The molecule has 1 amide bonds. The molecule has 1 aliphatic rings. The van der Waals surface area contributed by atoms with Gasteiger partial charge in [0.15, 0.2) is 4.80 Å². The number of allylic oxidation sites excluding steroid dienone is 1. The molecule has 1 aliphatic heterocycles. The first-order valence-electron chi connectivity index (χ1n) is 14.2. The molecule has 6 rings (SSSR count). The minimum Gasteiger partial charge on any atom is -0.497 e. The van der Waals surface area contributed by atoms with Crippen molar-refractivity contribution >= 4 is 35.0 Å². The number of benzene rings is 3. The van der Waals surface area contributed by atoms with Gasteiger partial charge in [0.05, 0.1) is 34.5 Å². The lowest BCUT2D eigenvalue weighted by Crippen LogP contribution is -2.40. The number of carboxylic acids is 1. The summed E-state index contributed by atoms with van der Waals surface area (Å²) < 4.78 is 9.48. The molecule has 2 aromatic heterocycles. The van der Waals surface area contributed by atoms with Crippen molar-refractivity contribution in [2.24, 2.45) is 4.99 Å². The van der Waals surface area contributed by atoms with E-state index in [0.29, 0.717) is 43.3 Å². The number of para-hydroxylation sites is 1. The van der Waals surface area contributed by atoms with Crippen molar-refractivity contribution in [3.05, 3.63) is 144 Å². The van der Waals surface area contributed by atoms with Crippen LogP contribution in [0, 0.1) is 13.8 Å². The van der Waals surface area contributed by atoms with E-state index >= 15 is 0 Å². The summed E-state index contributed by atoms with van der Waals surface area (Å²) in [6, 6.07) is 24.5. The number of carbonyl (C=O) groups is 2. The van der Waals surface area contributed by atoms with Gasteiger partial charge < -0.3 is 19.7 Å². The van der Waals surface area contributed by atoms with E-state index in [4.69, 9.17) is 9.73 Å². The van der Waals surface area contributed by atoms with Crippen LogP contribution < -0.4 is 24.9 Å². The van der Waals surface area contributed by atoms with Crippen molar-refractivity contribution in [3.63, 3.8) is 0 Å². The van der Waals surface area contributed by atoms with E-state index < -0.39 is 12.0 Å². The van der Waals surface area contributed by atoms with Crippen molar-refractivity contribution in [2.75, 3.05) is 12.4 Å². The van der Waals surface area contributed by atoms with E-state index in [1.807, 2.05) is 79.1 Å². The molecule has 45 heavy (non-hydrogen) atoms. The first kappa shape index (κ1) is 29.6. The summed E-state index contributed by atoms with van der Waals surface area (Å²) in [5, 5.41) is 12.5. The molecule has 0 bridgehead atoms. The molecule has 10 heteroatoms. The van der Waals surface area contributed by atoms with Crippen molar-refractivity contribution in [3.8, 4) is 11.4 Å². The third-order valence-electron chi connectivity index (χ3n) is 7.82. The second-order valence-corrected chi connectivity index (χ2v) is 11.7. The molecule has 1 atom stereocenters. The van der Waals surface area contributed by atoms with Crippen molar-refractivity contribution in [1.82, 2.24) is 9.13 Å². The van der Waals surface area contributed by atoms with Crippen molar-refractivity contribution < 1.29 is 19.4 Å². The Bertz CT molecular complexity index is 2190. The lowest BCUT2D eigenvalue weighted by atomic mass is 9.95. The van der Waals surface area contributed by atoms with Crippen molar-refractivity contribution in [2.45, 2.75) is 26.8 Å². The maximum absolute atomic E-state index is 14.2. The molecule has 3 aromatic carbocycles. The second-order valence-electron chi connectivity index (χ2n) is 10.7. The standard InChI is InChI=1S/C35H30N4O5S/c1-20-16-25(22(3)38(20)27-14-8-11-24(17-27)34(42)43)19-29-33(41)39-31(23-10-9-15-28(18-23)44-4)30(21(2)36-35(39)45-29)32(40)37-26-12-6-5-7-13-26/h5-19,31H,1-4H3,(H,37,40)(H,42,43)/b29-19-/t31-/m0/s1. The number of aryl methyl sites for hydroxylation is 1. The molecule has 0 fully saturated rings. The number of carboxylic acid groups (broad SMARTS) is 1. The summed E-state index contributed by atoms with van der Waals surface area (Å²) in [5.41, 5.74) is 5.41. The number of hydrogen-bond donors (Lipinski definition) is 2. The number of nitrogens with zero attached hydrogens (tertiary/aromatic N) is 3. The Morgan fingerprint density at radius 1 is 0.978 bits per heavy atom. The zero-order valence-corrected chi connectivity index (χ0v) is 25.9. The zero-order valence-electron chi connectivity index (χ0n) is 25.1. The van der Waals surface area contributed by atoms with Gasteiger partial charge in [-0.05, 0) is 86.5 Å². The van der Waals surface area contributed by atoms with Crippen LogP contribution in [0.5, 0.6) is 5.75 Å². The highest BCUT2D eigenvalue weighted by Crippen LogP contribution is 2.32. The molecule has 0 radical (unpaired) electrons. The largest absolute Gasteiger partial charge is 0.497 e. The SMILES string of the molecule is COc1cccc([C@H]2C(C(=O)Nc3ccccc3)=C(C)N=c3s/c(=C\c4cc(C)n(-c5cccc(C(=O)O)c5)c4C)c(=O)n32)c1. The number of rotatable bonds is 7. The summed E-state index contributed by atoms with van der Waals surface area (Å²) in [7, 11) is 1.57. The van der Waals surface area contributed by atoms with Gasteiger partial charge in [-0.25, -0.2) is 9.79 Å². The van der Waals surface area contributed by atoms with Gasteiger partial charge in [-0.15, -0.1) is 0 Å². The van der Waals surface area contributed by atoms with Crippen LogP contribution >= 0.6 is 11.3 Å². The van der Waals surface area contributed by atoms with Gasteiger partial charge in [0.1, 0.15) is 5.75 Å². The predicted octanol–water partition coefficient (Wildman–Crippen LogP) is 4.99. The monoisotopic (exact) mass is 618 g/mol. The summed E-state index contributed by atoms with van der Waals surface area (Å²) >= 11 is 1.26. The fourth-order valence-corrected chi connectivity index (χ4v) is 6.75. The highest BCUT2D eigenvalue weighted by Gasteiger charge is 2.33. The quantitative estimate of drug-likeness (QED) is 0.267. The number of hydrogen-bond acceptors (Lipinski definition) is 6. The Morgan fingerprint density at radius 3 is 2.47 bits per heavy atom. The maximum Gasteiger partial charge on any atom is 0.335 e. The molecule has 0 saturated heterocycles. The summed E-state index contributed by atoms with van der Waals surface area (Å²) in [6.07, 6.45) is 1.83. The molecule has 226 valence electrons. The van der Waals surface area contributed by atoms with Crippen molar-refractivity contribution in [1.29, 1.82) is 0 Å². The van der Waals surface area contributed by atoms with Gasteiger partial charge in [0, 0.05) is 22.8 Å². The number of methoxy groups -OCH3 is 1. The van der Waals surface area contributed by atoms with Crippen LogP contribution in [0.25, 0.3) is 11.8 Å². The third-order valence-corrected chi connectivity index (χ3v) is 8.80. The number of fused-ring (bicyclic) bond motifs is 1. The second kappa shape index (κ2) is 11.9. The molecule has 0 spiro atoms. The maximum atomic E-state index is 14.2. The van der Waals surface area contributed by atoms with Gasteiger partial charge in [-0.3, -0.25) is 14.2 Å². The van der Waals surface area contributed by atoms with Crippen LogP contribution in [-0.4, -0.2) is 33.2 Å². The minimum absolute atomic E-state index is 0.190. The first-order valence-corrected chi connectivity index (χ1v) is 15.0. The number of anilines is 1. The Labute approximate surface area is 262 Å². The smallest absolute Gasteiger partial charge is 0.335 e. The molecular formula is C35H30N4O5S. The van der Waals surface area contributed by atoms with Gasteiger partial charge in [0.2, 0.25) is 0 Å². The Balaban J connectivity index is 1.49. The van der Waals surface area contributed by atoms with Crippen LogP contribution in [0.1, 0.15) is 45.8 Å². The Hall–Kier alpha value is -5.48. The number of aromatic carboxylic acids is 1. The zero-order chi connectivity index (χ0) is 31.8. The van der Waals surface area contributed by atoms with Crippen LogP contribution in [0.4, 0.5) is 5.69 Å². The molecule has 9 nitrogen and oxygen atoms in total. The predicted molar refractivity (Wildman–Crippen MR) is 174 cm³/mol. The molecule has 3 heterocycles. The number of ether oxygens (including phenoxy) is 1. The van der Waals surface area contributed by atoms with E-state index in [1.165, 1.54) is 11.3 Å². The normalized spacial score (nSPS) is 14.6. The fourth-order valence-electron chi connectivity index (χ4n) is 5.71. The molecule has 0 saturated carbocycles. The molecule has 2 N–H and O–H groups in total. The minimum atomic E-state index is -1.00. The molecule has 0 aliphatic carbocycles. The fraction of sp³-hybridized carbons (Fsp3) is 0.143. The lowest BCUT2D eigenvalue weighted by Gasteiger charge is -2.25. The van der Waals surface area contributed by atoms with Crippen LogP contribution in [0.2, 0.25) is 0 Å². The topological polar surface area (TPSA) is 115 Å². The van der Waals surface area contributed by atoms with Crippen LogP contribution in [0.3, 0.4) is 0 Å². The number of aromatic nitrogens is 2. The summed E-state index contributed by atoms with van der Waals surface area (Å²) in [5.74, 6) is -0.749. The average molecular weight is 619 g/mol. The van der Waals surface area contributed by atoms with Gasteiger partial charge in [-0.1, -0.05) is 47.7 Å². The summed E-state index contributed by atoms with van der Waals surface area (Å²) in [4.78, 5) is 44.8. The number of nitrogens with one attached hydrogen (secondary N) is 1. The van der Waals surface area contributed by atoms with Gasteiger partial charge in [-0.2, -0.15) is 0 Å². The van der Waals surface area contributed by atoms with E-state index in [1.54, 1.807) is 48.9 Å². The van der Waals surface area contributed by atoms with Crippen LogP contribution in [-0.2, 0) is 4.79 Å². The number of thiazole rings is 1. The van der Waals surface area contributed by atoms with E-state index in [0.717, 1.165) is 17.0 Å².